The maximum atomic E-state index is 13.7. The minimum atomic E-state index is -0.422. The summed E-state index contributed by atoms with van der Waals surface area (Å²) in [6, 6.07) is 21.9. The van der Waals surface area contributed by atoms with Crippen molar-refractivity contribution in [1.82, 2.24) is 20.0 Å². The minimum Gasteiger partial charge on any atom is -0.377 e. The summed E-state index contributed by atoms with van der Waals surface area (Å²) in [6.07, 6.45) is 4.16. The lowest BCUT2D eigenvalue weighted by Gasteiger charge is -2.22. The zero-order valence-corrected chi connectivity index (χ0v) is 21.6. The average Bonchev–Trinajstić information content (AvgIpc) is 3.37. The number of rotatable bonds is 8. The van der Waals surface area contributed by atoms with Crippen molar-refractivity contribution in [2.24, 2.45) is 7.05 Å². The summed E-state index contributed by atoms with van der Waals surface area (Å²) in [5, 5.41) is 26.5. The van der Waals surface area contributed by atoms with Crippen LogP contribution in [0.5, 0.6) is 0 Å². The Labute approximate surface area is 224 Å². The summed E-state index contributed by atoms with van der Waals surface area (Å²) in [7, 11) is 1.79. The Morgan fingerprint density at radius 3 is 2.47 bits per heavy atom. The van der Waals surface area contributed by atoms with Crippen LogP contribution in [-0.2, 0) is 7.05 Å². The van der Waals surface area contributed by atoms with Crippen LogP contribution in [0.25, 0.3) is 10.9 Å². The van der Waals surface area contributed by atoms with Crippen LogP contribution in [0.3, 0.4) is 0 Å². The number of benzene rings is 3. The fourth-order valence-corrected chi connectivity index (χ4v) is 4.78. The highest BCUT2D eigenvalue weighted by Gasteiger charge is 2.21. The molecule has 0 aliphatic rings. The van der Waals surface area contributed by atoms with Gasteiger partial charge in [-0.2, -0.15) is 5.26 Å². The van der Waals surface area contributed by atoms with E-state index in [9.17, 15) is 9.65 Å². The Morgan fingerprint density at radius 1 is 1.05 bits per heavy atom. The number of halogens is 2. The number of aromatic nitrogens is 4. The van der Waals surface area contributed by atoms with E-state index in [1.165, 1.54) is 12.1 Å². The van der Waals surface area contributed by atoms with Crippen LogP contribution in [0.1, 0.15) is 47.8 Å². The number of anilines is 2. The van der Waals surface area contributed by atoms with Crippen molar-refractivity contribution >= 4 is 33.9 Å². The zero-order chi connectivity index (χ0) is 26.6. The molecule has 0 radical (unpaired) electrons. The second kappa shape index (κ2) is 10.9. The molecule has 0 aliphatic heterocycles. The quantitative estimate of drug-likeness (QED) is 0.232. The second-order valence-electron chi connectivity index (χ2n) is 8.97. The maximum absolute atomic E-state index is 13.7. The summed E-state index contributed by atoms with van der Waals surface area (Å²) in [4.78, 5) is 4.48. The van der Waals surface area contributed by atoms with Crippen LogP contribution in [0.15, 0.2) is 79.1 Å². The van der Waals surface area contributed by atoms with Crippen LogP contribution in [0.4, 0.5) is 15.8 Å². The number of hydrogen-bond donors (Lipinski definition) is 2. The molecule has 7 nitrogen and oxygen atoms in total. The molecule has 2 atom stereocenters. The van der Waals surface area contributed by atoms with Crippen molar-refractivity contribution in [2.45, 2.75) is 25.4 Å². The molecule has 5 rings (SSSR count). The minimum absolute atomic E-state index is 0.0177. The molecule has 0 bridgehead atoms. The Kier molecular flexibility index (Phi) is 7.20. The summed E-state index contributed by atoms with van der Waals surface area (Å²) in [5.74, 6) is -0.324. The van der Waals surface area contributed by atoms with E-state index in [4.69, 9.17) is 11.6 Å². The highest BCUT2D eigenvalue weighted by atomic mass is 35.5. The molecule has 190 valence electrons. The predicted molar refractivity (Wildman–Crippen MR) is 147 cm³/mol. The molecule has 2 aromatic heterocycles. The molecule has 38 heavy (non-hydrogen) atoms. The van der Waals surface area contributed by atoms with Crippen molar-refractivity contribution in [1.29, 1.82) is 5.26 Å². The first-order valence-corrected chi connectivity index (χ1v) is 12.6. The number of hydrogen-bond acceptors (Lipinski definition) is 6. The SMILES string of the molecule is CC[C@@H](Nc1c(C#N)cnc2c(Cl)cc(N[C@@H](c3ccc(F)cc3)c3cn(C)nn3)cc12)c1ccccc1. The lowest BCUT2D eigenvalue weighted by molar-refractivity contribution is 0.626. The maximum Gasteiger partial charge on any atom is 0.123 e. The molecule has 0 saturated heterocycles. The van der Waals surface area contributed by atoms with E-state index in [0.717, 1.165) is 17.5 Å². The van der Waals surface area contributed by atoms with Gasteiger partial charge in [0.15, 0.2) is 0 Å². The molecular formula is C29H25ClFN7. The Balaban J connectivity index is 1.60. The van der Waals surface area contributed by atoms with Gasteiger partial charge in [0.2, 0.25) is 0 Å². The van der Waals surface area contributed by atoms with Gasteiger partial charge in [0, 0.05) is 24.3 Å². The van der Waals surface area contributed by atoms with Gasteiger partial charge < -0.3 is 10.6 Å². The van der Waals surface area contributed by atoms with E-state index >= 15 is 0 Å². The Morgan fingerprint density at radius 2 is 1.82 bits per heavy atom. The van der Waals surface area contributed by atoms with Gasteiger partial charge in [-0.05, 0) is 41.8 Å². The molecule has 2 N–H and O–H groups in total. The monoisotopic (exact) mass is 525 g/mol. The normalized spacial score (nSPS) is 12.6. The fourth-order valence-electron chi connectivity index (χ4n) is 4.51. The zero-order valence-electron chi connectivity index (χ0n) is 20.9. The van der Waals surface area contributed by atoms with Crippen LogP contribution < -0.4 is 10.6 Å². The first kappa shape index (κ1) is 25.2. The van der Waals surface area contributed by atoms with Crippen LogP contribution in [0, 0.1) is 17.1 Å². The third-order valence-corrected chi connectivity index (χ3v) is 6.69. The summed E-state index contributed by atoms with van der Waals surface area (Å²) < 4.78 is 15.3. The van der Waals surface area contributed by atoms with Crippen molar-refractivity contribution in [2.75, 3.05) is 10.6 Å². The van der Waals surface area contributed by atoms with Crippen LogP contribution >= 0.6 is 11.6 Å². The first-order valence-electron chi connectivity index (χ1n) is 12.2. The van der Waals surface area contributed by atoms with Crippen molar-refractivity contribution in [3.63, 3.8) is 0 Å². The number of fused-ring (bicyclic) bond motifs is 1. The Bertz CT molecular complexity index is 1610. The van der Waals surface area contributed by atoms with E-state index in [2.05, 4.69) is 51.1 Å². The van der Waals surface area contributed by atoms with Crippen molar-refractivity contribution < 1.29 is 4.39 Å². The van der Waals surface area contributed by atoms with E-state index in [0.29, 0.717) is 38.6 Å². The molecule has 0 amide bonds. The van der Waals surface area contributed by atoms with E-state index in [1.54, 1.807) is 42.3 Å². The highest BCUT2D eigenvalue weighted by Crippen LogP contribution is 2.37. The summed E-state index contributed by atoms with van der Waals surface area (Å²) >= 11 is 6.72. The van der Waals surface area contributed by atoms with Crippen molar-refractivity contribution in [3.05, 3.63) is 112 Å². The smallest absolute Gasteiger partial charge is 0.123 e. The summed E-state index contributed by atoms with van der Waals surface area (Å²) in [6.45, 7) is 2.09. The molecule has 0 saturated carbocycles. The lowest BCUT2D eigenvalue weighted by Crippen LogP contribution is -2.14. The second-order valence-corrected chi connectivity index (χ2v) is 9.38. The molecule has 0 unspecified atom stereocenters. The van der Waals surface area contributed by atoms with Gasteiger partial charge in [0.25, 0.3) is 0 Å². The van der Waals surface area contributed by atoms with Gasteiger partial charge in [-0.1, -0.05) is 66.2 Å². The van der Waals surface area contributed by atoms with Crippen LogP contribution in [-0.4, -0.2) is 20.0 Å². The molecule has 0 spiro atoms. The molecule has 9 heteroatoms. The predicted octanol–water partition coefficient (Wildman–Crippen LogP) is 6.79. The number of aryl methyl sites for hydroxylation is 1. The molecule has 2 heterocycles. The number of nitrogens with one attached hydrogen (secondary N) is 2. The van der Waals surface area contributed by atoms with Gasteiger partial charge >= 0.3 is 0 Å². The van der Waals surface area contributed by atoms with E-state index < -0.39 is 6.04 Å². The third kappa shape index (κ3) is 5.15. The number of pyridine rings is 1. The van der Waals surface area contributed by atoms with Crippen molar-refractivity contribution in [3.8, 4) is 6.07 Å². The summed E-state index contributed by atoms with van der Waals surface area (Å²) in [5.41, 5.74) is 4.94. The van der Waals surface area contributed by atoms with Gasteiger partial charge in [-0.15, -0.1) is 5.10 Å². The molecule has 5 aromatic rings. The number of nitrogens with zero attached hydrogens (tertiary/aromatic N) is 5. The average molecular weight is 526 g/mol. The number of nitriles is 1. The van der Waals surface area contributed by atoms with Gasteiger partial charge in [-0.25, -0.2) is 4.39 Å². The first-order chi connectivity index (χ1) is 18.5. The highest BCUT2D eigenvalue weighted by molar-refractivity contribution is 6.35. The van der Waals surface area contributed by atoms with E-state index in [1.807, 2.05) is 24.3 Å². The van der Waals surface area contributed by atoms with Gasteiger partial charge in [-0.3, -0.25) is 9.67 Å². The largest absolute Gasteiger partial charge is 0.377 e. The molecule has 3 aromatic carbocycles. The third-order valence-electron chi connectivity index (χ3n) is 6.40. The lowest BCUT2D eigenvalue weighted by atomic mass is 10.0. The molecule has 0 fully saturated rings. The fraction of sp³-hybridized carbons (Fsp3) is 0.172. The van der Waals surface area contributed by atoms with E-state index in [-0.39, 0.29) is 11.9 Å². The molecule has 0 aliphatic carbocycles. The Hall–Kier alpha value is -4.48. The van der Waals surface area contributed by atoms with Gasteiger partial charge in [0.1, 0.15) is 17.6 Å². The topological polar surface area (TPSA) is 91.5 Å². The standard InChI is InChI=1S/C29H25ClFN7/c1-3-25(18-7-5-4-6-8-18)35-27-20(15-32)16-33-29-23(27)13-22(14-24(29)30)34-28(26-17-38(2)37-36-26)19-9-11-21(31)12-10-19/h4-14,16-17,25,28,34H,3H2,1-2H3,(H,33,35)/t25-,28+/m1/s1. The molecular weight excluding hydrogens is 501 g/mol. The van der Waals surface area contributed by atoms with Gasteiger partial charge in [0.05, 0.1) is 40.1 Å². The van der Waals surface area contributed by atoms with Crippen LogP contribution in [0.2, 0.25) is 5.02 Å².